The summed E-state index contributed by atoms with van der Waals surface area (Å²) in [6, 6.07) is 3.79. The van der Waals surface area contributed by atoms with E-state index in [1.165, 1.54) is 6.07 Å². The molecule has 1 aromatic carbocycles. The molecule has 1 aromatic rings. The van der Waals surface area contributed by atoms with Gasteiger partial charge in [-0.3, -0.25) is 0 Å². The average Bonchev–Trinajstić information content (AvgIpc) is 1.94. The van der Waals surface area contributed by atoms with Crippen molar-refractivity contribution in [2.75, 3.05) is 0 Å². The Morgan fingerprint density at radius 2 is 1.91 bits per heavy atom. The van der Waals surface area contributed by atoms with Crippen LogP contribution in [0.3, 0.4) is 0 Å². The van der Waals surface area contributed by atoms with Gasteiger partial charge < -0.3 is 0 Å². The second-order valence-electron chi connectivity index (χ2n) is 2.35. The first-order valence-electron chi connectivity index (χ1n) is 3.24. The normalized spacial score (nSPS) is 13.1. The average molecular weight is 174 g/mol. The fourth-order valence-electron chi connectivity index (χ4n) is 0.772. The van der Waals surface area contributed by atoms with Crippen LogP contribution in [0.2, 0.25) is 0 Å². The van der Waals surface area contributed by atoms with E-state index < -0.39 is 11.6 Å². The zero-order valence-corrected chi connectivity index (χ0v) is 6.91. The van der Waals surface area contributed by atoms with E-state index in [0.29, 0.717) is 5.56 Å². The Labute approximate surface area is 69.6 Å². The Hall–Kier alpha value is -0.570. The van der Waals surface area contributed by atoms with E-state index in [4.69, 9.17) is 0 Å². The molecule has 0 aliphatic carbocycles. The second-order valence-corrected chi connectivity index (χ2v) is 3.12. The van der Waals surface area contributed by atoms with Gasteiger partial charge in [0.05, 0.1) is 0 Å². The molecule has 11 heavy (non-hydrogen) atoms. The summed E-state index contributed by atoms with van der Waals surface area (Å²) in [5.74, 6) is -1.63. The lowest BCUT2D eigenvalue weighted by Gasteiger charge is -2.03. The van der Waals surface area contributed by atoms with Crippen LogP contribution in [-0.2, 0) is 0 Å². The van der Waals surface area contributed by atoms with Crippen molar-refractivity contribution in [1.29, 1.82) is 0 Å². The minimum absolute atomic E-state index is 0.0647. The van der Waals surface area contributed by atoms with Gasteiger partial charge in [-0.2, -0.15) is 12.6 Å². The van der Waals surface area contributed by atoms with Crippen molar-refractivity contribution in [3.8, 4) is 0 Å². The van der Waals surface area contributed by atoms with Crippen molar-refractivity contribution in [3.05, 3.63) is 35.4 Å². The summed E-state index contributed by atoms with van der Waals surface area (Å²) in [6.45, 7) is 1.80. The molecule has 0 saturated carbocycles. The number of halogens is 2. The van der Waals surface area contributed by atoms with Gasteiger partial charge in [-0.1, -0.05) is 6.07 Å². The number of rotatable bonds is 1. The molecule has 0 spiro atoms. The summed E-state index contributed by atoms with van der Waals surface area (Å²) in [4.78, 5) is 0. The predicted molar refractivity (Wildman–Crippen MR) is 43.8 cm³/mol. The number of thiol groups is 1. The van der Waals surface area contributed by atoms with Crippen molar-refractivity contribution in [3.63, 3.8) is 0 Å². The molecular formula is C8H8F2S. The van der Waals surface area contributed by atoms with Crippen LogP contribution in [0.4, 0.5) is 8.78 Å². The quantitative estimate of drug-likeness (QED) is 0.622. The maximum atomic E-state index is 12.5. The molecule has 0 aromatic heterocycles. The minimum atomic E-state index is -0.817. The van der Waals surface area contributed by atoms with Crippen LogP contribution in [0.1, 0.15) is 17.7 Å². The summed E-state index contributed by atoms with van der Waals surface area (Å²) in [5.41, 5.74) is 0.687. The summed E-state index contributed by atoms with van der Waals surface area (Å²) in [7, 11) is 0. The van der Waals surface area contributed by atoms with Crippen molar-refractivity contribution in [2.24, 2.45) is 0 Å². The molecular weight excluding hydrogens is 166 g/mol. The molecule has 0 fully saturated rings. The minimum Gasteiger partial charge on any atom is -0.204 e. The van der Waals surface area contributed by atoms with Gasteiger partial charge in [0.25, 0.3) is 0 Å². The third-order valence-corrected chi connectivity index (χ3v) is 1.72. The monoisotopic (exact) mass is 174 g/mol. The van der Waals surface area contributed by atoms with E-state index in [0.717, 1.165) is 12.1 Å². The Balaban J connectivity index is 3.05. The van der Waals surface area contributed by atoms with Gasteiger partial charge in [0, 0.05) is 5.25 Å². The van der Waals surface area contributed by atoms with E-state index >= 15 is 0 Å². The van der Waals surface area contributed by atoms with Crippen LogP contribution in [0.25, 0.3) is 0 Å². The predicted octanol–water partition coefficient (Wildman–Crippen LogP) is 2.96. The molecule has 0 nitrogen and oxygen atoms in total. The number of benzene rings is 1. The van der Waals surface area contributed by atoms with Gasteiger partial charge in [-0.15, -0.1) is 0 Å². The molecule has 0 heterocycles. The first-order valence-corrected chi connectivity index (χ1v) is 3.76. The Morgan fingerprint density at radius 3 is 2.36 bits per heavy atom. The highest BCUT2D eigenvalue weighted by Crippen LogP contribution is 2.20. The SMILES string of the molecule is C[C@@H](S)c1ccc(F)c(F)c1. The molecule has 0 bridgehead atoms. The molecule has 0 aliphatic rings. The van der Waals surface area contributed by atoms with Crippen LogP contribution in [-0.4, -0.2) is 0 Å². The van der Waals surface area contributed by atoms with Crippen LogP contribution < -0.4 is 0 Å². The third-order valence-electron chi connectivity index (χ3n) is 1.43. The van der Waals surface area contributed by atoms with Gasteiger partial charge in [0.2, 0.25) is 0 Å². The first kappa shape index (κ1) is 8.53. The summed E-state index contributed by atoms with van der Waals surface area (Å²) < 4.78 is 24.9. The van der Waals surface area contributed by atoms with E-state index in [9.17, 15) is 8.78 Å². The molecule has 0 saturated heterocycles. The van der Waals surface area contributed by atoms with Gasteiger partial charge in [0.1, 0.15) is 0 Å². The molecule has 3 heteroatoms. The van der Waals surface area contributed by atoms with Gasteiger partial charge in [-0.25, -0.2) is 8.78 Å². The number of hydrogen-bond donors (Lipinski definition) is 1. The summed E-state index contributed by atoms with van der Waals surface area (Å²) in [5, 5.41) is -0.0647. The summed E-state index contributed by atoms with van der Waals surface area (Å²) >= 11 is 4.08. The maximum Gasteiger partial charge on any atom is 0.159 e. The molecule has 0 amide bonds. The van der Waals surface area contributed by atoms with E-state index in [-0.39, 0.29) is 5.25 Å². The van der Waals surface area contributed by atoms with Gasteiger partial charge in [0.15, 0.2) is 11.6 Å². The molecule has 1 atom stereocenters. The first-order chi connectivity index (χ1) is 5.11. The fourth-order valence-corrected chi connectivity index (χ4v) is 0.933. The second kappa shape index (κ2) is 3.22. The van der Waals surface area contributed by atoms with E-state index in [1.807, 2.05) is 0 Å². The molecule has 1 rings (SSSR count). The standard InChI is InChI=1S/C8H8F2S/c1-5(11)6-2-3-7(9)8(10)4-6/h2-5,11H,1H3/t5-/m1/s1. The number of hydrogen-bond acceptors (Lipinski definition) is 1. The maximum absolute atomic E-state index is 12.5. The van der Waals surface area contributed by atoms with E-state index in [1.54, 1.807) is 6.92 Å². The molecule has 0 aliphatic heterocycles. The molecule has 0 radical (unpaired) electrons. The fraction of sp³-hybridized carbons (Fsp3) is 0.250. The van der Waals surface area contributed by atoms with Crippen molar-refractivity contribution in [2.45, 2.75) is 12.2 Å². The van der Waals surface area contributed by atoms with Crippen LogP contribution in [0.15, 0.2) is 18.2 Å². The molecule has 60 valence electrons. The van der Waals surface area contributed by atoms with Gasteiger partial charge >= 0.3 is 0 Å². The zero-order valence-electron chi connectivity index (χ0n) is 6.01. The highest BCUT2D eigenvalue weighted by molar-refractivity contribution is 7.80. The van der Waals surface area contributed by atoms with Crippen LogP contribution >= 0.6 is 12.6 Å². The van der Waals surface area contributed by atoms with Crippen molar-refractivity contribution >= 4 is 12.6 Å². The van der Waals surface area contributed by atoms with Crippen LogP contribution in [0.5, 0.6) is 0 Å². The Bertz CT molecular complexity index is 258. The highest BCUT2D eigenvalue weighted by atomic mass is 32.1. The lowest BCUT2D eigenvalue weighted by Crippen LogP contribution is -1.89. The topological polar surface area (TPSA) is 0 Å². The third kappa shape index (κ3) is 1.93. The largest absolute Gasteiger partial charge is 0.204 e. The van der Waals surface area contributed by atoms with Crippen molar-refractivity contribution in [1.82, 2.24) is 0 Å². The lowest BCUT2D eigenvalue weighted by atomic mass is 10.1. The molecule has 0 N–H and O–H groups in total. The highest BCUT2D eigenvalue weighted by Gasteiger charge is 2.04. The Kier molecular flexibility index (Phi) is 2.49. The zero-order chi connectivity index (χ0) is 8.43. The van der Waals surface area contributed by atoms with Gasteiger partial charge in [-0.05, 0) is 24.6 Å². The van der Waals surface area contributed by atoms with Crippen molar-refractivity contribution < 1.29 is 8.78 Å². The molecule has 0 unspecified atom stereocenters. The van der Waals surface area contributed by atoms with E-state index in [2.05, 4.69) is 12.6 Å². The smallest absolute Gasteiger partial charge is 0.159 e. The van der Waals surface area contributed by atoms with Crippen LogP contribution in [0, 0.1) is 11.6 Å². The summed E-state index contributed by atoms with van der Waals surface area (Å²) in [6.07, 6.45) is 0. The lowest BCUT2D eigenvalue weighted by molar-refractivity contribution is 0.507. The Morgan fingerprint density at radius 1 is 1.27 bits per heavy atom.